The van der Waals surface area contributed by atoms with E-state index < -0.39 is 0 Å². The van der Waals surface area contributed by atoms with Gasteiger partial charge in [-0.25, -0.2) is 0 Å². The van der Waals surface area contributed by atoms with Gasteiger partial charge in [-0.05, 0) is 51.1 Å². The second kappa shape index (κ2) is 6.28. The van der Waals surface area contributed by atoms with Crippen LogP contribution >= 0.6 is 0 Å². The lowest BCUT2D eigenvalue weighted by Crippen LogP contribution is -2.52. The summed E-state index contributed by atoms with van der Waals surface area (Å²) in [6, 6.07) is 14.0. The third kappa shape index (κ3) is 2.91. The summed E-state index contributed by atoms with van der Waals surface area (Å²) in [5.41, 5.74) is 1.48. The van der Waals surface area contributed by atoms with E-state index in [2.05, 4.69) is 54.4 Å². The molecule has 1 N–H and O–H groups in total. The average Bonchev–Trinajstić information content (AvgIpc) is 2.72. The lowest BCUT2D eigenvalue weighted by molar-refractivity contribution is 0.0778. The molecule has 0 aromatic heterocycles. The van der Waals surface area contributed by atoms with E-state index in [1.165, 1.54) is 37.7 Å². The monoisotopic (exact) mass is 272 g/mol. The zero-order valence-electron chi connectivity index (χ0n) is 12.9. The summed E-state index contributed by atoms with van der Waals surface area (Å²) in [5.74, 6) is 0. The van der Waals surface area contributed by atoms with Crippen LogP contribution in [0.3, 0.4) is 0 Å². The first-order valence-corrected chi connectivity index (χ1v) is 8.32. The minimum absolute atomic E-state index is 0.678. The van der Waals surface area contributed by atoms with Gasteiger partial charge in [0.1, 0.15) is 0 Å². The normalized spacial score (nSPS) is 31.4. The van der Waals surface area contributed by atoms with Gasteiger partial charge in [0.25, 0.3) is 0 Å². The molecule has 2 nitrogen and oxygen atoms in total. The van der Waals surface area contributed by atoms with Crippen molar-refractivity contribution < 1.29 is 0 Å². The fourth-order valence-electron chi connectivity index (χ4n) is 4.45. The lowest BCUT2D eigenvalue weighted by Gasteiger charge is -2.43. The average molecular weight is 272 g/mol. The maximum Gasteiger partial charge on any atom is 0.0116 e. The van der Waals surface area contributed by atoms with E-state index in [4.69, 9.17) is 0 Å². The van der Waals surface area contributed by atoms with Crippen LogP contribution in [-0.2, 0) is 6.42 Å². The third-order valence-electron chi connectivity index (χ3n) is 5.17. The van der Waals surface area contributed by atoms with Crippen molar-refractivity contribution in [3.8, 4) is 0 Å². The topological polar surface area (TPSA) is 15.3 Å². The maximum atomic E-state index is 3.67. The first-order valence-electron chi connectivity index (χ1n) is 8.32. The van der Waals surface area contributed by atoms with Gasteiger partial charge in [-0.3, -0.25) is 4.90 Å². The maximum absolute atomic E-state index is 3.67. The molecule has 3 atom stereocenters. The molecule has 2 aliphatic rings. The van der Waals surface area contributed by atoms with Gasteiger partial charge in [0.15, 0.2) is 0 Å². The summed E-state index contributed by atoms with van der Waals surface area (Å²) in [6.45, 7) is 5.77. The van der Waals surface area contributed by atoms with Crippen LogP contribution in [-0.4, -0.2) is 35.6 Å². The summed E-state index contributed by atoms with van der Waals surface area (Å²) in [5, 5.41) is 3.67. The molecule has 0 aliphatic carbocycles. The van der Waals surface area contributed by atoms with Crippen LogP contribution < -0.4 is 5.32 Å². The SMILES string of the molecule is CCNC1CC2CCC(C1)N2C(C)Cc1ccccc1. The first-order chi connectivity index (χ1) is 9.78. The summed E-state index contributed by atoms with van der Waals surface area (Å²) in [7, 11) is 0. The first kappa shape index (κ1) is 14.1. The van der Waals surface area contributed by atoms with Crippen molar-refractivity contribution in [2.45, 2.75) is 70.1 Å². The Kier molecular flexibility index (Phi) is 4.42. The number of nitrogens with zero attached hydrogens (tertiary/aromatic N) is 1. The van der Waals surface area contributed by atoms with Gasteiger partial charge in [0.2, 0.25) is 0 Å². The molecular weight excluding hydrogens is 244 g/mol. The Labute approximate surface area is 123 Å². The fourth-order valence-corrected chi connectivity index (χ4v) is 4.45. The summed E-state index contributed by atoms with van der Waals surface area (Å²) in [6.07, 6.45) is 6.71. The van der Waals surface area contributed by atoms with E-state index in [1.807, 2.05) is 0 Å². The Balaban J connectivity index is 1.63. The highest BCUT2D eigenvalue weighted by molar-refractivity contribution is 5.16. The number of fused-ring (bicyclic) bond motifs is 2. The molecule has 0 amide bonds. The third-order valence-corrected chi connectivity index (χ3v) is 5.17. The van der Waals surface area contributed by atoms with E-state index in [-0.39, 0.29) is 0 Å². The number of nitrogens with one attached hydrogen (secondary N) is 1. The molecule has 3 unspecified atom stereocenters. The fraction of sp³-hybridized carbons (Fsp3) is 0.667. The molecule has 2 saturated heterocycles. The summed E-state index contributed by atoms with van der Waals surface area (Å²) >= 11 is 0. The Morgan fingerprint density at radius 3 is 2.40 bits per heavy atom. The van der Waals surface area contributed by atoms with Crippen molar-refractivity contribution in [1.29, 1.82) is 0 Å². The van der Waals surface area contributed by atoms with Gasteiger partial charge < -0.3 is 5.32 Å². The Morgan fingerprint density at radius 2 is 1.80 bits per heavy atom. The molecule has 2 fully saturated rings. The molecule has 3 rings (SSSR count). The van der Waals surface area contributed by atoms with Crippen molar-refractivity contribution in [2.75, 3.05) is 6.54 Å². The van der Waals surface area contributed by atoms with Crippen molar-refractivity contribution >= 4 is 0 Å². The minimum atomic E-state index is 0.678. The molecule has 0 radical (unpaired) electrons. The highest BCUT2D eigenvalue weighted by Gasteiger charge is 2.42. The zero-order valence-corrected chi connectivity index (χ0v) is 12.9. The Bertz CT molecular complexity index is 403. The van der Waals surface area contributed by atoms with E-state index in [0.29, 0.717) is 6.04 Å². The smallest absolute Gasteiger partial charge is 0.0116 e. The van der Waals surface area contributed by atoms with Crippen LogP contribution in [0, 0.1) is 0 Å². The van der Waals surface area contributed by atoms with Gasteiger partial charge in [0.05, 0.1) is 0 Å². The van der Waals surface area contributed by atoms with Crippen LogP contribution in [0.2, 0.25) is 0 Å². The highest BCUT2D eigenvalue weighted by atomic mass is 15.3. The van der Waals surface area contributed by atoms with Crippen LogP contribution in [0.1, 0.15) is 45.1 Å². The molecule has 0 saturated carbocycles. The lowest BCUT2D eigenvalue weighted by atomic mass is 9.94. The predicted molar refractivity (Wildman–Crippen MR) is 85.0 cm³/mol. The molecule has 20 heavy (non-hydrogen) atoms. The standard InChI is InChI=1S/C18H28N2/c1-3-19-16-12-17-9-10-18(13-16)20(17)14(2)11-15-7-5-4-6-8-15/h4-8,14,16-19H,3,9-13H2,1-2H3. The van der Waals surface area contributed by atoms with E-state index in [1.54, 1.807) is 0 Å². The highest BCUT2D eigenvalue weighted by Crippen LogP contribution is 2.37. The molecular formula is C18H28N2. The van der Waals surface area contributed by atoms with Gasteiger partial charge in [-0.15, -0.1) is 0 Å². The van der Waals surface area contributed by atoms with Gasteiger partial charge in [0, 0.05) is 24.2 Å². The van der Waals surface area contributed by atoms with Crippen molar-refractivity contribution in [3.05, 3.63) is 35.9 Å². The number of piperidine rings is 1. The molecule has 0 spiro atoms. The van der Waals surface area contributed by atoms with E-state index >= 15 is 0 Å². The van der Waals surface area contributed by atoms with Crippen LogP contribution in [0.25, 0.3) is 0 Å². The summed E-state index contributed by atoms with van der Waals surface area (Å²) in [4.78, 5) is 2.83. The minimum Gasteiger partial charge on any atom is -0.314 e. The quantitative estimate of drug-likeness (QED) is 0.885. The van der Waals surface area contributed by atoms with E-state index in [9.17, 15) is 0 Å². The van der Waals surface area contributed by atoms with Crippen molar-refractivity contribution in [3.63, 3.8) is 0 Å². The second-order valence-corrected chi connectivity index (χ2v) is 6.60. The molecule has 2 heterocycles. The van der Waals surface area contributed by atoms with E-state index in [0.717, 1.165) is 24.7 Å². The Morgan fingerprint density at radius 1 is 1.15 bits per heavy atom. The molecule has 1 aromatic carbocycles. The van der Waals surface area contributed by atoms with Crippen LogP contribution in [0.5, 0.6) is 0 Å². The summed E-state index contributed by atoms with van der Waals surface area (Å²) < 4.78 is 0. The predicted octanol–water partition coefficient (Wildman–Crippen LogP) is 3.22. The zero-order chi connectivity index (χ0) is 13.9. The molecule has 2 heteroatoms. The number of rotatable bonds is 5. The van der Waals surface area contributed by atoms with Crippen molar-refractivity contribution in [1.82, 2.24) is 10.2 Å². The van der Waals surface area contributed by atoms with Crippen LogP contribution in [0.4, 0.5) is 0 Å². The van der Waals surface area contributed by atoms with Crippen molar-refractivity contribution in [2.24, 2.45) is 0 Å². The molecule has 110 valence electrons. The van der Waals surface area contributed by atoms with Gasteiger partial charge in [-0.1, -0.05) is 37.3 Å². The second-order valence-electron chi connectivity index (χ2n) is 6.60. The number of hydrogen-bond acceptors (Lipinski definition) is 2. The number of hydrogen-bond donors (Lipinski definition) is 1. The van der Waals surface area contributed by atoms with Gasteiger partial charge in [-0.2, -0.15) is 0 Å². The molecule has 2 aliphatic heterocycles. The molecule has 2 bridgehead atoms. The largest absolute Gasteiger partial charge is 0.314 e. The Hall–Kier alpha value is -0.860. The van der Waals surface area contributed by atoms with Gasteiger partial charge >= 0.3 is 0 Å². The number of benzene rings is 1. The molecule has 1 aromatic rings. The van der Waals surface area contributed by atoms with Crippen LogP contribution in [0.15, 0.2) is 30.3 Å².